The van der Waals surface area contributed by atoms with Crippen LogP contribution >= 0.6 is 0 Å². The lowest BCUT2D eigenvalue weighted by Gasteiger charge is -2.01. The minimum atomic E-state index is -0.0731. The average Bonchev–Trinajstić information content (AvgIpc) is 2.57. The average molecular weight is 325 g/mol. The Morgan fingerprint density at radius 3 is 1.61 bits per heavy atom. The molecule has 0 saturated heterocycles. The van der Waals surface area contributed by atoms with E-state index in [1.165, 1.54) is 90.6 Å². The lowest BCUT2D eigenvalue weighted by atomic mass is 10.1. The summed E-state index contributed by atoms with van der Waals surface area (Å²) in [6, 6.07) is 0. The van der Waals surface area contributed by atoms with Crippen molar-refractivity contribution in [2.45, 2.75) is 110 Å². The highest BCUT2D eigenvalue weighted by molar-refractivity contribution is 5.68. The molecule has 0 aromatic rings. The summed E-state index contributed by atoms with van der Waals surface area (Å²) in [7, 11) is 1.46. The summed E-state index contributed by atoms with van der Waals surface area (Å²) in [5, 5.41) is 0. The van der Waals surface area contributed by atoms with Crippen LogP contribution in [0.3, 0.4) is 0 Å². The van der Waals surface area contributed by atoms with E-state index in [1.54, 1.807) is 0 Å². The number of unbranched alkanes of at least 4 members (excludes halogenated alkanes) is 13. The number of carbonyl (C=O) groups excluding carboxylic acids is 1. The van der Waals surface area contributed by atoms with E-state index < -0.39 is 0 Å². The Hall–Kier alpha value is -0.790. The molecule has 0 rings (SSSR count). The lowest BCUT2D eigenvalue weighted by molar-refractivity contribution is -0.140. The third-order valence-corrected chi connectivity index (χ3v) is 4.37. The summed E-state index contributed by atoms with van der Waals surface area (Å²) in [5.41, 5.74) is 0. The summed E-state index contributed by atoms with van der Waals surface area (Å²) in [6.45, 7) is 2.27. The first-order chi connectivity index (χ1) is 11.3. The molecular formula is C21H40O2. The summed E-state index contributed by atoms with van der Waals surface area (Å²) < 4.78 is 4.63. The van der Waals surface area contributed by atoms with E-state index in [1.807, 2.05) is 0 Å². The van der Waals surface area contributed by atoms with Gasteiger partial charge in [-0.15, -0.1) is 0 Å². The Morgan fingerprint density at radius 1 is 0.696 bits per heavy atom. The van der Waals surface area contributed by atoms with Gasteiger partial charge in [-0.3, -0.25) is 4.79 Å². The molecule has 0 amide bonds. The maximum atomic E-state index is 10.9. The van der Waals surface area contributed by atoms with Crippen LogP contribution in [0.2, 0.25) is 0 Å². The van der Waals surface area contributed by atoms with Crippen LogP contribution in [0.1, 0.15) is 110 Å². The van der Waals surface area contributed by atoms with Gasteiger partial charge in [0.15, 0.2) is 0 Å². The minimum Gasteiger partial charge on any atom is -0.469 e. The molecule has 2 heteroatoms. The zero-order valence-electron chi connectivity index (χ0n) is 15.8. The number of esters is 1. The van der Waals surface area contributed by atoms with Gasteiger partial charge in [0.2, 0.25) is 0 Å². The topological polar surface area (TPSA) is 26.3 Å². The van der Waals surface area contributed by atoms with Crippen molar-refractivity contribution in [1.82, 2.24) is 0 Å². The van der Waals surface area contributed by atoms with Crippen LogP contribution in [0.15, 0.2) is 12.2 Å². The van der Waals surface area contributed by atoms with Gasteiger partial charge in [-0.25, -0.2) is 0 Å². The van der Waals surface area contributed by atoms with E-state index >= 15 is 0 Å². The number of methoxy groups -OCH3 is 1. The molecule has 0 aliphatic heterocycles. The van der Waals surface area contributed by atoms with Crippen LogP contribution in [-0.4, -0.2) is 13.1 Å². The van der Waals surface area contributed by atoms with Crippen molar-refractivity contribution in [3.05, 3.63) is 12.2 Å². The second kappa shape index (κ2) is 19.3. The van der Waals surface area contributed by atoms with Crippen LogP contribution in [0.5, 0.6) is 0 Å². The smallest absolute Gasteiger partial charge is 0.305 e. The Balaban J connectivity index is 3.10. The van der Waals surface area contributed by atoms with E-state index in [0.717, 1.165) is 12.8 Å². The molecular weight excluding hydrogens is 284 g/mol. The van der Waals surface area contributed by atoms with Gasteiger partial charge < -0.3 is 4.74 Å². The third kappa shape index (κ3) is 19.2. The molecule has 0 heterocycles. The fourth-order valence-electron chi connectivity index (χ4n) is 2.80. The third-order valence-electron chi connectivity index (χ3n) is 4.37. The Labute approximate surface area is 145 Å². The molecule has 0 aliphatic carbocycles. The fraction of sp³-hybridized carbons (Fsp3) is 0.857. The van der Waals surface area contributed by atoms with Crippen LogP contribution in [0.25, 0.3) is 0 Å². The molecule has 0 radical (unpaired) electrons. The van der Waals surface area contributed by atoms with Gasteiger partial charge in [0.05, 0.1) is 7.11 Å². The highest BCUT2D eigenvalue weighted by Crippen LogP contribution is 2.11. The van der Waals surface area contributed by atoms with Crippen molar-refractivity contribution in [2.24, 2.45) is 0 Å². The van der Waals surface area contributed by atoms with E-state index in [4.69, 9.17) is 0 Å². The van der Waals surface area contributed by atoms with Crippen molar-refractivity contribution >= 4 is 5.97 Å². The van der Waals surface area contributed by atoms with Crippen molar-refractivity contribution in [3.8, 4) is 0 Å². The number of carbonyl (C=O) groups is 1. The molecule has 0 spiro atoms. The van der Waals surface area contributed by atoms with Crippen LogP contribution in [-0.2, 0) is 9.53 Å². The summed E-state index contributed by atoms with van der Waals surface area (Å²) in [6.07, 6.45) is 24.9. The summed E-state index contributed by atoms with van der Waals surface area (Å²) in [4.78, 5) is 10.9. The van der Waals surface area contributed by atoms with Crippen molar-refractivity contribution < 1.29 is 9.53 Å². The van der Waals surface area contributed by atoms with Crippen LogP contribution in [0.4, 0.5) is 0 Å². The first kappa shape index (κ1) is 22.2. The van der Waals surface area contributed by atoms with Gasteiger partial charge in [0, 0.05) is 6.42 Å². The van der Waals surface area contributed by atoms with Crippen molar-refractivity contribution in [1.29, 1.82) is 0 Å². The van der Waals surface area contributed by atoms with E-state index in [2.05, 4.69) is 23.8 Å². The lowest BCUT2D eigenvalue weighted by Crippen LogP contribution is -1.99. The summed E-state index contributed by atoms with van der Waals surface area (Å²) in [5.74, 6) is -0.0731. The van der Waals surface area contributed by atoms with Gasteiger partial charge in [0.25, 0.3) is 0 Å². The molecule has 0 bridgehead atoms. The SMILES string of the molecule is CCCCCCCCCC=CCCCCCCCCC(=O)OC. The minimum absolute atomic E-state index is 0.0731. The molecule has 0 aliphatic rings. The van der Waals surface area contributed by atoms with Gasteiger partial charge in [-0.2, -0.15) is 0 Å². The van der Waals surface area contributed by atoms with E-state index in [0.29, 0.717) is 6.42 Å². The monoisotopic (exact) mass is 324 g/mol. The molecule has 2 nitrogen and oxygen atoms in total. The Kier molecular flexibility index (Phi) is 18.6. The van der Waals surface area contributed by atoms with Crippen LogP contribution < -0.4 is 0 Å². The number of allylic oxidation sites excluding steroid dienone is 2. The maximum Gasteiger partial charge on any atom is 0.305 e. The Morgan fingerprint density at radius 2 is 1.13 bits per heavy atom. The Bertz CT molecular complexity index is 271. The molecule has 0 atom stereocenters. The zero-order valence-corrected chi connectivity index (χ0v) is 15.8. The molecule has 23 heavy (non-hydrogen) atoms. The molecule has 0 fully saturated rings. The largest absolute Gasteiger partial charge is 0.469 e. The molecule has 136 valence electrons. The molecule has 0 aromatic heterocycles. The number of hydrogen-bond acceptors (Lipinski definition) is 2. The molecule has 0 saturated carbocycles. The van der Waals surface area contributed by atoms with Crippen molar-refractivity contribution in [3.63, 3.8) is 0 Å². The van der Waals surface area contributed by atoms with Gasteiger partial charge in [0.1, 0.15) is 0 Å². The predicted molar refractivity (Wildman–Crippen MR) is 101 cm³/mol. The van der Waals surface area contributed by atoms with Gasteiger partial charge >= 0.3 is 5.97 Å². The van der Waals surface area contributed by atoms with Crippen molar-refractivity contribution in [2.75, 3.05) is 7.11 Å². The van der Waals surface area contributed by atoms with Gasteiger partial charge in [-0.1, -0.05) is 83.3 Å². The van der Waals surface area contributed by atoms with Gasteiger partial charge in [-0.05, 0) is 32.1 Å². The highest BCUT2D eigenvalue weighted by Gasteiger charge is 1.98. The number of rotatable bonds is 17. The summed E-state index contributed by atoms with van der Waals surface area (Å²) >= 11 is 0. The number of hydrogen-bond donors (Lipinski definition) is 0. The highest BCUT2D eigenvalue weighted by atomic mass is 16.5. The molecule has 0 N–H and O–H groups in total. The standard InChI is InChI=1S/C21H40O2/c1-3-4-5-6-7-8-9-10-11-12-13-14-15-16-17-18-19-20-21(22)23-2/h11-12H,3-10,13-20H2,1-2H3. The second-order valence-electron chi connectivity index (χ2n) is 6.62. The zero-order chi connectivity index (χ0) is 17.0. The maximum absolute atomic E-state index is 10.9. The number of ether oxygens (including phenoxy) is 1. The normalized spacial score (nSPS) is 11.2. The molecule has 0 aromatic carbocycles. The van der Waals surface area contributed by atoms with Crippen LogP contribution in [0, 0.1) is 0 Å². The fourth-order valence-corrected chi connectivity index (χ4v) is 2.80. The first-order valence-corrected chi connectivity index (χ1v) is 10.0. The first-order valence-electron chi connectivity index (χ1n) is 10.0. The predicted octanol–water partition coefficient (Wildman–Crippen LogP) is 6.98. The quantitative estimate of drug-likeness (QED) is 0.164. The molecule has 0 unspecified atom stereocenters. The second-order valence-corrected chi connectivity index (χ2v) is 6.62. The van der Waals surface area contributed by atoms with E-state index in [-0.39, 0.29) is 5.97 Å². The van der Waals surface area contributed by atoms with E-state index in [9.17, 15) is 4.79 Å².